The molecule has 1 fully saturated rings. The Hall–Kier alpha value is -2.53. The Bertz CT molecular complexity index is 705. The molecule has 0 aliphatic carbocycles. The second-order valence-corrected chi connectivity index (χ2v) is 6.36. The number of likely N-dealkylation sites (N-methyl/N-ethyl adjacent to an activating group) is 1. The summed E-state index contributed by atoms with van der Waals surface area (Å²) < 4.78 is 5.97. The summed E-state index contributed by atoms with van der Waals surface area (Å²) >= 11 is 0. The van der Waals surface area contributed by atoms with Crippen LogP contribution >= 0.6 is 0 Å². The van der Waals surface area contributed by atoms with Crippen molar-refractivity contribution < 1.29 is 14.6 Å². The van der Waals surface area contributed by atoms with Gasteiger partial charge in [-0.25, -0.2) is 0 Å². The molecule has 132 valence electrons. The van der Waals surface area contributed by atoms with E-state index in [0.29, 0.717) is 19.5 Å². The van der Waals surface area contributed by atoms with E-state index in [9.17, 15) is 9.90 Å². The maximum atomic E-state index is 11.7. The molecule has 1 saturated heterocycles. The first kappa shape index (κ1) is 17.3. The highest BCUT2D eigenvalue weighted by molar-refractivity contribution is 5.78. The van der Waals surface area contributed by atoms with Gasteiger partial charge in [0.15, 0.2) is 5.75 Å². The standard InChI is InChI=1S/C20H24N2O3/c1-21(14-16(23)15-22-13-7-12-20(22)24)18-10-5-6-11-19(18)25-17-8-3-2-4-9-17/h2-6,8-11,16,23H,7,12-15H2,1H3. The molecule has 0 bridgehead atoms. The van der Waals surface area contributed by atoms with Crippen LogP contribution in [0, 0.1) is 0 Å². The molecule has 0 saturated carbocycles. The van der Waals surface area contributed by atoms with Crippen LogP contribution in [0.1, 0.15) is 12.8 Å². The third-order valence-corrected chi connectivity index (χ3v) is 4.33. The molecular weight excluding hydrogens is 316 g/mol. The average Bonchev–Trinajstić information content (AvgIpc) is 3.01. The predicted octanol–water partition coefficient (Wildman–Crippen LogP) is 2.90. The van der Waals surface area contributed by atoms with Crippen LogP contribution < -0.4 is 9.64 Å². The number of likely N-dealkylation sites (tertiary alicyclic amines) is 1. The third kappa shape index (κ3) is 4.51. The summed E-state index contributed by atoms with van der Waals surface area (Å²) in [5.74, 6) is 1.64. The Kier molecular flexibility index (Phi) is 5.56. The molecule has 2 aromatic carbocycles. The summed E-state index contributed by atoms with van der Waals surface area (Å²) in [6.45, 7) is 1.55. The van der Waals surface area contributed by atoms with Crippen molar-refractivity contribution in [2.45, 2.75) is 18.9 Å². The van der Waals surface area contributed by atoms with E-state index in [4.69, 9.17) is 4.74 Å². The topological polar surface area (TPSA) is 53.0 Å². The van der Waals surface area contributed by atoms with Gasteiger partial charge in [0.1, 0.15) is 5.75 Å². The molecule has 3 rings (SSSR count). The van der Waals surface area contributed by atoms with Crippen molar-refractivity contribution in [2.24, 2.45) is 0 Å². The number of ether oxygens (including phenoxy) is 1. The highest BCUT2D eigenvalue weighted by atomic mass is 16.5. The van der Waals surface area contributed by atoms with Crippen molar-refractivity contribution in [3.8, 4) is 11.5 Å². The monoisotopic (exact) mass is 340 g/mol. The van der Waals surface area contributed by atoms with Crippen molar-refractivity contribution >= 4 is 11.6 Å². The van der Waals surface area contributed by atoms with Crippen LogP contribution in [-0.2, 0) is 4.79 Å². The second kappa shape index (κ2) is 8.03. The summed E-state index contributed by atoms with van der Waals surface area (Å²) in [7, 11) is 1.92. The van der Waals surface area contributed by atoms with E-state index >= 15 is 0 Å². The number of para-hydroxylation sites is 3. The predicted molar refractivity (Wildman–Crippen MR) is 98.0 cm³/mol. The van der Waals surface area contributed by atoms with Crippen LogP contribution in [0.25, 0.3) is 0 Å². The first-order valence-corrected chi connectivity index (χ1v) is 8.62. The quantitative estimate of drug-likeness (QED) is 0.842. The van der Waals surface area contributed by atoms with Crippen molar-refractivity contribution in [1.82, 2.24) is 4.90 Å². The number of carbonyl (C=O) groups excluding carboxylic acids is 1. The van der Waals surface area contributed by atoms with Crippen molar-refractivity contribution in [2.75, 3.05) is 31.6 Å². The van der Waals surface area contributed by atoms with Crippen molar-refractivity contribution in [3.63, 3.8) is 0 Å². The molecule has 1 atom stereocenters. The van der Waals surface area contributed by atoms with E-state index < -0.39 is 6.10 Å². The van der Waals surface area contributed by atoms with E-state index in [1.54, 1.807) is 4.90 Å². The summed E-state index contributed by atoms with van der Waals surface area (Å²) in [6.07, 6.45) is 0.877. The number of nitrogens with zero attached hydrogens (tertiary/aromatic N) is 2. The van der Waals surface area contributed by atoms with Gasteiger partial charge in [-0.2, -0.15) is 0 Å². The molecule has 5 nitrogen and oxygen atoms in total. The fourth-order valence-corrected chi connectivity index (χ4v) is 3.10. The SMILES string of the molecule is CN(CC(O)CN1CCCC1=O)c1ccccc1Oc1ccccc1. The Balaban J connectivity index is 1.65. The number of carbonyl (C=O) groups is 1. The van der Waals surface area contributed by atoms with E-state index in [0.717, 1.165) is 30.2 Å². The minimum Gasteiger partial charge on any atom is -0.455 e. The zero-order chi connectivity index (χ0) is 17.6. The number of aliphatic hydroxyl groups excluding tert-OH is 1. The van der Waals surface area contributed by atoms with Gasteiger partial charge in [-0.15, -0.1) is 0 Å². The molecule has 1 heterocycles. The molecule has 1 unspecified atom stereocenters. The summed E-state index contributed by atoms with van der Waals surface area (Å²) in [6, 6.07) is 17.4. The largest absolute Gasteiger partial charge is 0.455 e. The van der Waals surface area contributed by atoms with Crippen LogP contribution in [-0.4, -0.2) is 48.7 Å². The minimum atomic E-state index is -0.600. The number of benzene rings is 2. The van der Waals surface area contributed by atoms with Gasteiger partial charge in [-0.05, 0) is 30.7 Å². The molecule has 1 aliphatic rings. The molecular formula is C20H24N2O3. The number of hydrogen-bond acceptors (Lipinski definition) is 4. The zero-order valence-corrected chi connectivity index (χ0v) is 14.5. The Morgan fingerprint density at radius 3 is 2.60 bits per heavy atom. The van der Waals surface area contributed by atoms with Crippen LogP contribution in [0.2, 0.25) is 0 Å². The number of hydrogen-bond donors (Lipinski definition) is 1. The summed E-state index contributed by atoms with van der Waals surface area (Å²) in [5, 5.41) is 10.4. The molecule has 1 N–H and O–H groups in total. The number of anilines is 1. The molecule has 1 aliphatic heterocycles. The van der Waals surface area contributed by atoms with Gasteiger partial charge < -0.3 is 19.6 Å². The lowest BCUT2D eigenvalue weighted by Gasteiger charge is -2.27. The highest BCUT2D eigenvalue weighted by Crippen LogP contribution is 2.31. The Morgan fingerprint density at radius 2 is 1.88 bits per heavy atom. The number of aliphatic hydroxyl groups is 1. The molecule has 5 heteroatoms. The zero-order valence-electron chi connectivity index (χ0n) is 14.5. The maximum absolute atomic E-state index is 11.7. The Morgan fingerprint density at radius 1 is 1.16 bits per heavy atom. The molecule has 2 aromatic rings. The van der Waals surface area contributed by atoms with Gasteiger partial charge in [-0.1, -0.05) is 30.3 Å². The molecule has 0 spiro atoms. The third-order valence-electron chi connectivity index (χ3n) is 4.33. The van der Waals surface area contributed by atoms with Gasteiger partial charge in [0.25, 0.3) is 0 Å². The molecule has 1 amide bonds. The lowest BCUT2D eigenvalue weighted by molar-refractivity contribution is -0.128. The first-order chi connectivity index (χ1) is 12.1. The van der Waals surface area contributed by atoms with Gasteiger partial charge in [-0.3, -0.25) is 4.79 Å². The average molecular weight is 340 g/mol. The van der Waals surface area contributed by atoms with Gasteiger partial charge in [0.05, 0.1) is 11.8 Å². The molecule has 25 heavy (non-hydrogen) atoms. The normalized spacial score (nSPS) is 15.3. The van der Waals surface area contributed by atoms with Crippen molar-refractivity contribution in [1.29, 1.82) is 0 Å². The van der Waals surface area contributed by atoms with E-state index in [1.165, 1.54) is 0 Å². The van der Waals surface area contributed by atoms with Gasteiger partial charge in [0, 0.05) is 33.1 Å². The second-order valence-electron chi connectivity index (χ2n) is 6.36. The lowest BCUT2D eigenvalue weighted by atomic mass is 10.2. The number of amides is 1. The maximum Gasteiger partial charge on any atom is 0.222 e. The first-order valence-electron chi connectivity index (χ1n) is 8.62. The number of rotatable bonds is 7. The smallest absolute Gasteiger partial charge is 0.222 e. The van der Waals surface area contributed by atoms with Crippen LogP contribution in [0.5, 0.6) is 11.5 Å². The van der Waals surface area contributed by atoms with Crippen LogP contribution in [0.3, 0.4) is 0 Å². The highest BCUT2D eigenvalue weighted by Gasteiger charge is 2.23. The molecule has 0 radical (unpaired) electrons. The number of β-amino-alcohol motifs (C(OH)–C–C–N with tert-alkyl or cyclic N) is 1. The fourth-order valence-electron chi connectivity index (χ4n) is 3.10. The van der Waals surface area contributed by atoms with E-state index in [-0.39, 0.29) is 5.91 Å². The van der Waals surface area contributed by atoms with E-state index in [1.807, 2.05) is 66.5 Å². The summed E-state index contributed by atoms with van der Waals surface area (Å²) in [5.41, 5.74) is 0.901. The van der Waals surface area contributed by atoms with Crippen LogP contribution in [0.15, 0.2) is 54.6 Å². The van der Waals surface area contributed by atoms with Crippen molar-refractivity contribution in [3.05, 3.63) is 54.6 Å². The molecule has 0 aromatic heterocycles. The summed E-state index contributed by atoms with van der Waals surface area (Å²) in [4.78, 5) is 15.4. The fraction of sp³-hybridized carbons (Fsp3) is 0.350. The van der Waals surface area contributed by atoms with Crippen LogP contribution in [0.4, 0.5) is 5.69 Å². The van der Waals surface area contributed by atoms with Gasteiger partial charge >= 0.3 is 0 Å². The Labute approximate surface area is 148 Å². The lowest BCUT2D eigenvalue weighted by Crippen LogP contribution is -2.39. The minimum absolute atomic E-state index is 0.134. The van der Waals surface area contributed by atoms with Gasteiger partial charge in [0.2, 0.25) is 5.91 Å². The van der Waals surface area contributed by atoms with E-state index in [2.05, 4.69) is 0 Å².